The zero-order chi connectivity index (χ0) is 13.1. The Kier molecular flexibility index (Phi) is 4.19. The van der Waals surface area contributed by atoms with Crippen LogP contribution in [0, 0.1) is 5.82 Å². The predicted molar refractivity (Wildman–Crippen MR) is 71.2 cm³/mol. The van der Waals surface area contributed by atoms with E-state index in [1.807, 2.05) is 18.0 Å². The van der Waals surface area contributed by atoms with Gasteiger partial charge in [-0.05, 0) is 31.9 Å². The number of ether oxygens (including phenoxy) is 1. The van der Waals surface area contributed by atoms with E-state index in [2.05, 4.69) is 6.92 Å². The summed E-state index contributed by atoms with van der Waals surface area (Å²) in [6.45, 7) is 2.53. The van der Waals surface area contributed by atoms with Gasteiger partial charge in [0, 0.05) is 13.6 Å². The van der Waals surface area contributed by atoms with Crippen LogP contribution in [0.25, 0.3) is 0 Å². The SMILES string of the molecule is CC1CCC(C(CN)N(C)c2ccccc2F)O1. The van der Waals surface area contributed by atoms with Gasteiger partial charge >= 0.3 is 0 Å². The van der Waals surface area contributed by atoms with E-state index in [1.54, 1.807) is 12.1 Å². The summed E-state index contributed by atoms with van der Waals surface area (Å²) in [4.78, 5) is 1.90. The molecule has 100 valence electrons. The van der Waals surface area contributed by atoms with Crippen molar-refractivity contribution < 1.29 is 9.13 Å². The molecule has 1 fully saturated rings. The molecule has 18 heavy (non-hydrogen) atoms. The van der Waals surface area contributed by atoms with Crippen molar-refractivity contribution in [3.8, 4) is 0 Å². The van der Waals surface area contributed by atoms with Crippen molar-refractivity contribution in [2.45, 2.75) is 38.0 Å². The molecule has 0 saturated carbocycles. The lowest BCUT2D eigenvalue weighted by Gasteiger charge is -2.33. The van der Waals surface area contributed by atoms with Crippen molar-refractivity contribution in [2.75, 3.05) is 18.5 Å². The Morgan fingerprint density at radius 3 is 2.72 bits per heavy atom. The number of benzene rings is 1. The summed E-state index contributed by atoms with van der Waals surface area (Å²) >= 11 is 0. The summed E-state index contributed by atoms with van der Waals surface area (Å²) in [5, 5.41) is 0. The van der Waals surface area contributed by atoms with Gasteiger partial charge in [0.2, 0.25) is 0 Å². The zero-order valence-corrected chi connectivity index (χ0v) is 11.0. The van der Waals surface area contributed by atoms with Crippen LogP contribution >= 0.6 is 0 Å². The summed E-state index contributed by atoms with van der Waals surface area (Å²) in [6, 6.07) is 6.79. The summed E-state index contributed by atoms with van der Waals surface area (Å²) in [6.07, 6.45) is 2.40. The first kappa shape index (κ1) is 13.3. The number of halogens is 1. The van der Waals surface area contributed by atoms with Gasteiger partial charge < -0.3 is 15.4 Å². The van der Waals surface area contributed by atoms with Gasteiger partial charge in [-0.2, -0.15) is 0 Å². The molecule has 3 nitrogen and oxygen atoms in total. The molecule has 1 aliphatic heterocycles. The molecule has 0 bridgehead atoms. The van der Waals surface area contributed by atoms with Crippen LogP contribution in [0.3, 0.4) is 0 Å². The Bertz CT molecular complexity index is 399. The molecule has 2 rings (SSSR count). The highest BCUT2D eigenvalue weighted by Gasteiger charge is 2.32. The highest BCUT2D eigenvalue weighted by molar-refractivity contribution is 5.48. The molecule has 4 heteroatoms. The maximum absolute atomic E-state index is 13.8. The van der Waals surface area contributed by atoms with E-state index < -0.39 is 0 Å². The van der Waals surface area contributed by atoms with Crippen molar-refractivity contribution >= 4 is 5.69 Å². The fourth-order valence-electron chi connectivity index (χ4n) is 2.59. The second kappa shape index (κ2) is 5.67. The predicted octanol–water partition coefficient (Wildman–Crippen LogP) is 2.16. The van der Waals surface area contributed by atoms with Crippen LogP contribution in [-0.4, -0.2) is 31.8 Å². The maximum atomic E-state index is 13.8. The molecule has 1 heterocycles. The Morgan fingerprint density at radius 2 is 2.17 bits per heavy atom. The van der Waals surface area contributed by atoms with Gasteiger partial charge in [0.05, 0.1) is 23.9 Å². The molecule has 0 radical (unpaired) electrons. The smallest absolute Gasteiger partial charge is 0.146 e. The average Bonchev–Trinajstić information content (AvgIpc) is 2.77. The van der Waals surface area contributed by atoms with E-state index in [0.29, 0.717) is 12.2 Å². The minimum Gasteiger partial charge on any atom is -0.373 e. The fraction of sp³-hybridized carbons (Fsp3) is 0.571. The quantitative estimate of drug-likeness (QED) is 0.892. The molecule has 0 spiro atoms. The Labute approximate surface area is 108 Å². The van der Waals surface area contributed by atoms with E-state index in [-0.39, 0.29) is 24.1 Å². The molecule has 2 N–H and O–H groups in total. The van der Waals surface area contributed by atoms with E-state index >= 15 is 0 Å². The van der Waals surface area contributed by atoms with Crippen LogP contribution in [-0.2, 0) is 4.74 Å². The number of hydrogen-bond acceptors (Lipinski definition) is 3. The minimum atomic E-state index is -0.218. The molecule has 1 aromatic rings. The monoisotopic (exact) mass is 252 g/mol. The van der Waals surface area contributed by atoms with Gasteiger partial charge in [0.25, 0.3) is 0 Å². The van der Waals surface area contributed by atoms with Gasteiger partial charge in [-0.25, -0.2) is 4.39 Å². The first-order chi connectivity index (χ1) is 8.63. The number of nitrogens with two attached hydrogens (primary N) is 1. The van der Waals surface area contributed by atoms with Crippen molar-refractivity contribution in [1.29, 1.82) is 0 Å². The number of likely N-dealkylation sites (N-methyl/N-ethyl adjacent to an activating group) is 1. The van der Waals surface area contributed by atoms with Crippen molar-refractivity contribution in [3.05, 3.63) is 30.1 Å². The third-order valence-electron chi connectivity index (χ3n) is 3.67. The zero-order valence-electron chi connectivity index (χ0n) is 11.0. The van der Waals surface area contributed by atoms with Gasteiger partial charge in [-0.1, -0.05) is 12.1 Å². The molecule has 1 aliphatic rings. The van der Waals surface area contributed by atoms with Crippen LogP contribution in [0.2, 0.25) is 0 Å². The van der Waals surface area contributed by atoms with Gasteiger partial charge in [0.15, 0.2) is 0 Å². The second-order valence-electron chi connectivity index (χ2n) is 4.93. The Hall–Kier alpha value is -1.13. The molecule has 1 saturated heterocycles. The fourth-order valence-corrected chi connectivity index (χ4v) is 2.59. The standard InChI is InChI=1S/C14H21FN2O/c1-10-7-8-14(18-10)13(9-16)17(2)12-6-4-3-5-11(12)15/h3-6,10,13-14H,7-9,16H2,1-2H3. The van der Waals surface area contributed by atoms with Gasteiger partial charge in [0.1, 0.15) is 5.82 Å². The Balaban J connectivity index is 2.15. The largest absolute Gasteiger partial charge is 0.373 e. The molecule has 3 unspecified atom stereocenters. The maximum Gasteiger partial charge on any atom is 0.146 e. The molecule has 3 atom stereocenters. The van der Waals surface area contributed by atoms with Crippen molar-refractivity contribution in [1.82, 2.24) is 0 Å². The minimum absolute atomic E-state index is 0.0202. The van der Waals surface area contributed by atoms with Crippen LogP contribution in [0.4, 0.5) is 10.1 Å². The molecule has 0 aromatic heterocycles. The lowest BCUT2D eigenvalue weighted by molar-refractivity contribution is 0.0410. The van der Waals surface area contributed by atoms with E-state index in [9.17, 15) is 4.39 Å². The van der Waals surface area contributed by atoms with Crippen LogP contribution in [0.15, 0.2) is 24.3 Å². The molecule has 1 aromatic carbocycles. The molecular formula is C14H21FN2O. The molecule has 0 amide bonds. The first-order valence-corrected chi connectivity index (χ1v) is 6.46. The van der Waals surface area contributed by atoms with E-state index in [0.717, 1.165) is 12.8 Å². The third kappa shape index (κ3) is 2.65. The highest BCUT2D eigenvalue weighted by atomic mass is 19.1. The van der Waals surface area contributed by atoms with Crippen LogP contribution in [0.1, 0.15) is 19.8 Å². The lowest BCUT2D eigenvalue weighted by Crippen LogP contribution is -2.47. The molecule has 0 aliphatic carbocycles. The van der Waals surface area contributed by atoms with Gasteiger partial charge in [-0.15, -0.1) is 0 Å². The van der Waals surface area contributed by atoms with Crippen LogP contribution < -0.4 is 10.6 Å². The number of para-hydroxylation sites is 1. The second-order valence-corrected chi connectivity index (χ2v) is 4.93. The molecular weight excluding hydrogens is 231 g/mol. The summed E-state index contributed by atoms with van der Waals surface area (Å²) < 4.78 is 19.6. The lowest BCUT2D eigenvalue weighted by atomic mass is 10.1. The summed E-state index contributed by atoms with van der Waals surface area (Å²) in [5.41, 5.74) is 6.42. The van der Waals surface area contributed by atoms with Crippen LogP contribution in [0.5, 0.6) is 0 Å². The first-order valence-electron chi connectivity index (χ1n) is 6.46. The summed E-state index contributed by atoms with van der Waals surface area (Å²) in [7, 11) is 1.88. The van der Waals surface area contributed by atoms with Crippen molar-refractivity contribution in [3.63, 3.8) is 0 Å². The van der Waals surface area contributed by atoms with E-state index in [1.165, 1.54) is 6.07 Å². The average molecular weight is 252 g/mol. The highest BCUT2D eigenvalue weighted by Crippen LogP contribution is 2.27. The van der Waals surface area contributed by atoms with E-state index in [4.69, 9.17) is 10.5 Å². The number of hydrogen-bond donors (Lipinski definition) is 1. The van der Waals surface area contributed by atoms with Gasteiger partial charge in [-0.3, -0.25) is 0 Å². The number of rotatable bonds is 4. The number of nitrogens with zero attached hydrogens (tertiary/aromatic N) is 1. The number of anilines is 1. The summed E-state index contributed by atoms with van der Waals surface area (Å²) in [5.74, 6) is -0.218. The Morgan fingerprint density at radius 1 is 1.44 bits per heavy atom. The third-order valence-corrected chi connectivity index (χ3v) is 3.67. The topological polar surface area (TPSA) is 38.5 Å². The normalized spacial score (nSPS) is 25.1. The van der Waals surface area contributed by atoms with Crippen molar-refractivity contribution in [2.24, 2.45) is 5.73 Å².